The molecular formula is C17H17FN2O2. The van der Waals surface area contributed by atoms with Crippen LogP contribution in [-0.2, 0) is 0 Å². The van der Waals surface area contributed by atoms with Crippen LogP contribution in [-0.4, -0.2) is 22.6 Å². The molecule has 2 N–H and O–H groups in total. The van der Waals surface area contributed by atoms with Crippen LogP contribution >= 0.6 is 0 Å². The average Bonchev–Trinajstić information content (AvgIpc) is 2.97. The molecule has 2 amide bonds. The molecule has 1 aliphatic heterocycles. The van der Waals surface area contributed by atoms with E-state index < -0.39 is 0 Å². The van der Waals surface area contributed by atoms with Gasteiger partial charge >= 0.3 is 6.03 Å². The summed E-state index contributed by atoms with van der Waals surface area (Å²) < 4.78 is 13.2. The van der Waals surface area contributed by atoms with Gasteiger partial charge in [0.2, 0.25) is 0 Å². The summed E-state index contributed by atoms with van der Waals surface area (Å²) in [5, 5.41) is 12.1. The second-order valence-corrected chi connectivity index (χ2v) is 5.38. The number of hydrogen-bond donors (Lipinski definition) is 2. The Labute approximate surface area is 128 Å². The maximum Gasteiger partial charge on any atom is 0.322 e. The summed E-state index contributed by atoms with van der Waals surface area (Å²) >= 11 is 0. The summed E-state index contributed by atoms with van der Waals surface area (Å²) in [4.78, 5) is 14.2. The van der Waals surface area contributed by atoms with E-state index in [2.05, 4.69) is 5.32 Å². The van der Waals surface area contributed by atoms with Gasteiger partial charge in [-0.1, -0.05) is 18.2 Å². The summed E-state index contributed by atoms with van der Waals surface area (Å²) in [5.74, 6) is -0.174. The average molecular weight is 300 g/mol. The Morgan fingerprint density at radius 1 is 1.23 bits per heavy atom. The van der Waals surface area contributed by atoms with Crippen molar-refractivity contribution in [3.63, 3.8) is 0 Å². The molecule has 1 atom stereocenters. The van der Waals surface area contributed by atoms with E-state index in [1.807, 2.05) is 12.1 Å². The summed E-state index contributed by atoms with van der Waals surface area (Å²) in [6.07, 6.45) is 1.80. The first-order valence-electron chi connectivity index (χ1n) is 7.25. The molecule has 4 nitrogen and oxygen atoms in total. The lowest BCUT2D eigenvalue weighted by molar-refractivity contribution is 0.207. The van der Waals surface area contributed by atoms with Crippen molar-refractivity contribution >= 4 is 11.7 Å². The molecule has 22 heavy (non-hydrogen) atoms. The first-order chi connectivity index (χ1) is 10.6. The number of benzene rings is 2. The van der Waals surface area contributed by atoms with Gasteiger partial charge in [0.05, 0.1) is 6.04 Å². The molecule has 1 fully saturated rings. The van der Waals surface area contributed by atoms with E-state index in [9.17, 15) is 14.3 Å². The third-order valence-electron chi connectivity index (χ3n) is 3.87. The largest absolute Gasteiger partial charge is 0.508 e. The minimum absolute atomic E-state index is 0.0193. The summed E-state index contributed by atoms with van der Waals surface area (Å²) in [7, 11) is 0. The lowest BCUT2D eigenvalue weighted by Crippen LogP contribution is -2.34. The van der Waals surface area contributed by atoms with Gasteiger partial charge in [0.1, 0.15) is 11.6 Å². The monoisotopic (exact) mass is 300 g/mol. The quantitative estimate of drug-likeness (QED) is 0.883. The highest BCUT2D eigenvalue weighted by Gasteiger charge is 2.29. The van der Waals surface area contributed by atoms with Gasteiger partial charge in [0, 0.05) is 12.2 Å². The SMILES string of the molecule is O=C(Nc1cccc(F)c1)N1CCC[C@H]1c1ccc(O)cc1. The zero-order valence-electron chi connectivity index (χ0n) is 12.0. The van der Waals surface area contributed by atoms with Crippen LogP contribution in [0.1, 0.15) is 24.4 Å². The van der Waals surface area contributed by atoms with Gasteiger partial charge in [-0.15, -0.1) is 0 Å². The van der Waals surface area contributed by atoms with E-state index in [4.69, 9.17) is 0 Å². The number of rotatable bonds is 2. The molecule has 0 unspecified atom stereocenters. The number of halogens is 1. The molecule has 0 radical (unpaired) electrons. The molecule has 0 spiro atoms. The Balaban J connectivity index is 1.75. The predicted octanol–water partition coefficient (Wildman–Crippen LogP) is 3.90. The number of phenols is 1. The van der Waals surface area contributed by atoms with Crippen molar-refractivity contribution in [3.05, 3.63) is 59.9 Å². The van der Waals surface area contributed by atoms with Crippen LogP contribution in [0.5, 0.6) is 5.75 Å². The Hall–Kier alpha value is -2.56. The van der Waals surface area contributed by atoms with Crippen LogP contribution in [0.3, 0.4) is 0 Å². The van der Waals surface area contributed by atoms with Crippen LogP contribution < -0.4 is 5.32 Å². The summed E-state index contributed by atoms with van der Waals surface area (Å²) in [5.41, 5.74) is 1.44. The maximum atomic E-state index is 13.2. The molecule has 0 saturated carbocycles. The third-order valence-corrected chi connectivity index (χ3v) is 3.87. The van der Waals surface area contributed by atoms with Crippen molar-refractivity contribution in [1.29, 1.82) is 0 Å². The number of amides is 2. The van der Waals surface area contributed by atoms with Crippen molar-refractivity contribution in [2.75, 3.05) is 11.9 Å². The van der Waals surface area contributed by atoms with E-state index in [-0.39, 0.29) is 23.6 Å². The number of anilines is 1. The Kier molecular flexibility index (Phi) is 3.96. The minimum Gasteiger partial charge on any atom is -0.508 e. The second-order valence-electron chi connectivity index (χ2n) is 5.38. The molecule has 2 aromatic carbocycles. The van der Waals surface area contributed by atoms with Gasteiger partial charge in [-0.25, -0.2) is 9.18 Å². The first-order valence-corrected chi connectivity index (χ1v) is 7.25. The highest BCUT2D eigenvalue weighted by Crippen LogP contribution is 2.33. The molecule has 1 saturated heterocycles. The van der Waals surface area contributed by atoms with Gasteiger partial charge in [0.15, 0.2) is 0 Å². The van der Waals surface area contributed by atoms with Crippen molar-refractivity contribution in [2.45, 2.75) is 18.9 Å². The van der Waals surface area contributed by atoms with E-state index in [0.29, 0.717) is 12.2 Å². The molecule has 0 aromatic heterocycles. The first kappa shape index (κ1) is 14.4. The number of nitrogens with one attached hydrogen (secondary N) is 1. The fourth-order valence-electron chi connectivity index (χ4n) is 2.81. The minimum atomic E-state index is -0.380. The van der Waals surface area contributed by atoms with Gasteiger partial charge in [-0.3, -0.25) is 0 Å². The van der Waals surface area contributed by atoms with Crippen LogP contribution in [0.2, 0.25) is 0 Å². The Bertz CT molecular complexity index is 673. The van der Waals surface area contributed by atoms with E-state index >= 15 is 0 Å². The number of nitrogens with zero attached hydrogens (tertiary/aromatic N) is 1. The molecule has 3 rings (SSSR count). The highest BCUT2D eigenvalue weighted by molar-refractivity contribution is 5.89. The Morgan fingerprint density at radius 2 is 2.00 bits per heavy atom. The van der Waals surface area contributed by atoms with E-state index in [1.54, 1.807) is 29.2 Å². The standard InChI is InChI=1S/C17H17FN2O2/c18-13-3-1-4-14(11-13)19-17(22)20-10-2-5-16(20)12-6-8-15(21)9-7-12/h1,3-4,6-9,11,16,21H,2,5,10H2,(H,19,22)/t16-/m0/s1. The summed E-state index contributed by atoms with van der Waals surface area (Å²) in [6, 6.07) is 12.5. The molecule has 114 valence electrons. The van der Waals surface area contributed by atoms with Crippen LogP contribution in [0.4, 0.5) is 14.9 Å². The summed E-state index contributed by atoms with van der Waals surface area (Å²) in [6.45, 7) is 0.659. The van der Waals surface area contributed by atoms with Gasteiger partial charge < -0.3 is 15.3 Å². The molecule has 0 bridgehead atoms. The van der Waals surface area contributed by atoms with E-state index in [0.717, 1.165) is 18.4 Å². The topological polar surface area (TPSA) is 52.6 Å². The number of aromatic hydroxyl groups is 1. The molecule has 2 aromatic rings. The maximum absolute atomic E-state index is 13.2. The number of carbonyl (C=O) groups is 1. The number of urea groups is 1. The van der Waals surface area contributed by atoms with Crippen molar-refractivity contribution < 1.29 is 14.3 Å². The van der Waals surface area contributed by atoms with Crippen LogP contribution in [0.25, 0.3) is 0 Å². The predicted molar refractivity (Wildman–Crippen MR) is 82.2 cm³/mol. The molecule has 1 heterocycles. The fourth-order valence-corrected chi connectivity index (χ4v) is 2.81. The van der Waals surface area contributed by atoms with Crippen LogP contribution in [0, 0.1) is 5.82 Å². The third kappa shape index (κ3) is 3.03. The second kappa shape index (κ2) is 6.05. The zero-order valence-corrected chi connectivity index (χ0v) is 12.0. The smallest absolute Gasteiger partial charge is 0.322 e. The van der Waals surface area contributed by atoms with Gasteiger partial charge in [-0.2, -0.15) is 0 Å². The lowest BCUT2D eigenvalue weighted by atomic mass is 10.0. The number of phenolic OH excluding ortho intramolecular Hbond substituents is 1. The fraction of sp³-hybridized carbons (Fsp3) is 0.235. The zero-order chi connectivity index (χ0) is 15.5. The molecular weight excluding hydrogens is 283 g/mol. The lowest BCUT2D eigenvalue weighted by Gasteiger charge is -2.25. The Morgan fingerprint density at radius 3 is 2.73 bits per heavy atom. The highest BCUT2D eigenvalue weighted by atomic mass is 19.1. The number of likely N-dealkylation sites (tertiary alicyclic amines) is 1. The van der Waals surface area contributed by atoms with Crippen molar-refractivity contribution in [3.8, 4) is 5.75 Å². The van der Waals surface area contributed by atoms with Gasteiger partial charge in [0.25, 0.3) is 0 Å². The van der Waals surface area contributed by atoms with Crippen molar-refractivity contribution in [2.24, 2.45) is 0 Å². The van der Waals surface area contributed by atoms with E-state index in [1.165, 1.54) is 12.1 Å². The number of carbonyl (C=O) groups excluding carboxylic acids is 1. The number of hydrogen-bond acceptors (Lipinski definition) is 2. The van der Waals surface area contributed by atoms with Crippen molar-refractivity contribution in [1.82, 2.24) is 4.90 Å². The molecule has 5 heteroatoms. The molecule has 1 aliphatic rings. The normalized spacial score (nSPS) is 17.5. The van der Waals surface area contributed by atoms with Crippen LogP contribution in [0.15, 0.2) is 48.5 Å². The molecule has 0 aliphatic carbocycles. The van der Waals surface area contributed by atoms with Gasteiger partial charge in [-0.05, 0) is 48.7 Å².